The Morgan fingerprint density at radius 2 is 1.75 bits per heavy atom. The van der Waals surface area contributed by atoms with Crippen molar-refractivity contribution < 1.29 is 18.0 Å². The number of hydrogen-bond donors (Lipinski definition) is 1. The van der Waals surface area contributed by atoms with Crippen molar-refractivity contribution in [1.82, 2.24) is 25.0 Å². The summed E-state index contributed by atoms with van der Waals surface area (Å²) in [6.07, 6.45) is -2.84. The number of hydrogen-bond acceptors (Lipinski definition) is 4. The van der Waals surface area contributed by atoms with Crippen molar-refractivity contribution in [1.29, 1.82) is 0 Å². The van der Waals surface area contributed by atoms with Gasteiger partial charge >= 0.3 is 6.18 Å². The minimum Gasteiger partial charge on any atom is -0.339 e. The van der Waals surface area contributed by atoms with Gasteiger partial charge in [-0.25, -0.2) is 0 Å². The normalized spacial score (nSPS) is 17.8. The molecule has 1 aromatic heterocycles. The summed E-state index contributed by atoms with van der Waals surface area (Å²) in [5.74, 6) is 1.95. The molecule has 10 heteroatoms. The van der Waals surface area contributed by atoms with Gasteiger partial charge in [0.1, 0.15) is 11.6 Å². The van der Waals surface area contributed by atoms with Gasteiger partial charge in [0.2, 0.25) is 0 Å². The highest BCUT2D eigenvalue weighted by molar-refractivity contribution is 5.94. The molecule has 1 N–H and O–H groups in total. The maximum Gasteiger partial charge on any atom is 0.416 e. The van der Waals surface area contributed by atoms with E-state index in [2.05, 4.69) is 20.1 Å². The topological polar surface area (TPSA) is 63.1 Å². The first-order valence-corrected chi connectivity index (χ1v) is 9.02. The van der Waals surface area contributed by atoms with E-state index < -0.39 is 11.7 Å². The lowest BCUT2D eigenvalue weighted by Gasteiger charge is -2.32. The molecule has 0 spiro atoms. The van der Waals surface area contributed by atoms with Gasteiger partial charge in [-0.15, -0.1) is 22.6 Å². The van der Waals surface area contributed by atoms with Crippen LogP contribution in [0.15, 0.2) is 24.3 Å². The summed E-state index contributed by atoms with van der Waals surface area (Å²) in [5, 5.41) is 11.8. The first kappa shape index (κ1) is 20.6. The molecule has 6 nitrogen and oxygen atoms in total. The third-order valence-electron chi connectivity index (χ3n) is 5.26. The van der Waals surface area contributed by atoms with Gasteiger partial charge in [0.05, 0.1) is 12.1 Å². The molecule has 0 radical (unpaired) electrons. The number of fused-ring (bicyclic) bond motifs is 1. The molecule has 0 aliphatic carbocycles. The zero-order valence-electron chi connectivity index (χ0n) is 15.1. The lowest BCUT2D eigenvalue weighted by molar-refractivity contribution is -0.137. The molecule has 1 amide bonds. The second-order valence-electron chi connectivity index (χ2n) is 6.94. The second-order valence-corrected chi connectivity index (χ2v) is 6.94. The Morgan fingerprint density at radius 3 is 2.39 bits per heavy atom. The number of piperidine rings is 1. The molecule has 2 aliphatic heterocycles. The quantitative estimate of drug-likeness (QED) is 0.819. The Balaban J connectivity index is 0.00000225. The number of halogens is 4. The predicted octanol–water partition coefficient (Wildman–Crippen LogP) is 2.84. The Labute approximate surface area is 166 Å². The van der Waals surface area contributed by atoms with E-state index in [0.29, 0.717) is 13.1 Å². The van der Waals surface area contributed by atoms with Gasteiger partial charge < -0.3 is 14.8 Å². The van der Waals surface area contributed by atoms with Crippen LogP contribution in [-0.2, 0) is 19.3 Å². The van der Waals surface area contributed by atoms with Crippen LogP contribution < -0.4 is 5.32 Å². The lowest BCUT2D eigenvalue weighted by Crippen LogP contribution is -2.39. The monoisotopic (exact) mass is 415 g/mol. The Bertz CT molecular complexity index is 829. The molecule has 152 valence electrons. The minimum absolute atomic E-state index is 0. The Morgan fingerprint density at radius 1 is 1.07 bits per heavy atom. The van der Waals surface area contributed by atoms with Crippen LogP contribution in [0.25, 0.3) is 0 Å². The molecule has 1 saturated heterocycles. The van der Waals surface area contributed by atoms with E-state index >= 15 is 0 Å². The summed E-state index contributed by atoms with van der Waals surface area (Å²) in [7, 11) is 0. The van der Waals surface area contributed by atoms with Crippen LogP contribution in [0.4, 0.5) is 13.2 Å². The smallest absolute Gasteiger partial charge is 0.339 e. The number of carbonyl (C=O) groups excluding carboxylic acids is 1. The van der Waals surface area contributed by atoms with Crippen LogP contribution in [0.5, 0.6) is 0 Å². The van der Waals surface area contributed by atoms with Crippen molar-refractivity contribution >= 4 is 18.3 Å². The summed E-state index contributed by atoms with van der Waals surface area (Å²) in [4.78, 5) is 14.3. The van der Waals surface area contributed by atoms with Crippen molar-refractivity contribution in [3.8, 4) is 0 Å². The summed E-state index contributed by atoms with van der Waals surface area (Å²) in [6.45, 7) is 3.58. The van der Waals surface area contributed by atoms with Crippen LogP contribution >= 0.6 is 12.4 Å². The van der Waals surface area contributed by atoms with Gasteiger partial charge in [0, 0.05) is 37.7 Å². The molecule has 3 heterocycles. The number of rotatable bonds is 2. The molecular formula is C18H21ClF3N5O. The van der Waals surface area contributed by atoms with Crippen molar-refractivity contribution in [2.24, 2.45) is 0 Å². The number of benzene rings is 1. The second kappa shape index (κ2) is 8.08. The molecule has 1 fully saturated rings. The average molecular weight is 416 g/mol. The number of alkyl halides is 3. The van der Waals surface area contributed by atoms with Gasteiger partial charge in [-0.1, -0.05) is 0 Å². The minimum atomic E-state index is -4.40. The van der Waals surface area contributed by atoms with E-state index in [1.807, 2.05) is 0 Å². The first-order chi connectivity index (χ1) is 12.9. The number of aromatic nitrogens is 3. The van der Waals surface area contributed by atoms with E-state index in [1.54, 1.807) is 4.90 Å². The number of nitrogens with one attached hydrogen (secondary N) is 1. The van der Waals surface area contributed by atoms with Crippen LogP contribution in [0.1, 0.15) is 46.3 Å². The molecule has 0 atom stereocenters. The standard InChI is InChI=1S/C18H20F3N5O.ClH/c19-18(20,21)14-3-1-13(2-4-14)17(27)25-8-5-12(6-9-25)16-24-23-15-11-22-7-10-26(15)16;/h1-4,12,22H,5-11H2;1H. The van der Waals surface area contributed by atoms with Crippen molar-refractivity contribution in [3.63, 3.8) is 0 Å². The zero-order valence-corrected chi connectivity index (χ0v) is 15.9. The molecule has 0 bridgehead atoms. The fourth-order valence-electron chi connectivity index (χ4n) is 3.74. The number of amides is 1. The fourth-order valence-corrected chi connectivity index (χ4v) is 3.74. The van der Waals surface area contributed by atoms with Crippen LogP contribution in [0, 0.1) is 0 Å². The SMILES string of the molecule is Cl.O=C(c1ccc(C(F)(F)F)cc1)N1CCC(c2nnc3n2CCNC3)CC1. The maximum atomic E-state index is 12.7. The van der Waals surface area contributed by atoms with Crippen molar-refractivity contribution in [3.05, 3.63) is 47.0 Å². The first-order valence-electron chi connectivity index (χ1n) is 9.02. The molecule has 28 heavy (non-hydrogen) atoms. The highest BCUT2D eigenvalue weighted by atomic mass is 35.5. The zero-order chi connectivity index (χ0) is 19.0. The van der Waals surface area contributed by atoms with Gasteiger partial charge in [-0.2, -0.15) is 13.2 Å². The van der Waals surface area contributed by atoms with E-state index in [4.69, 9.17) is 0 Å². The van der Waals surface area contributed by atoms with Crippen LogP contribution in [0.3, 0.4) is 0 Å². The molecule has 1 aromatic carbocycles. The number of carbonyl (C=O) groups is 1. The summed E-state index contributed by atoms with van der Waals surface area (Å²) < 4.78 is 40.1. The van der Waals surface area contributed by atoms with Gasteiger partial charge in [0.15, 0.2) is 0 Å². The molecular weight excluding hydrogens is 395 g/mol. The number of nitrogens with zero attached hydrogens (tertiary/aromatic N) is 4. The Hall–Kier alpha value is -2.13. The summed E-state index contributed by atoms with van der Waals surface area (Å²) in [5.41, 5.74) is -0.462. The summed E-state index contributed by atoms with van der Waals surface area (Å²) in [6, 6.07) is 4.41. The predicted molar refractivity (Wildman–Crippen MR) is 98.3 cm³/mol. The van der Waals surface area contributed by atoms with Crippen molar-refractivity contribution in [2.45, 2.75) is 38.0 Å². The van der Waals surface area contributed by atoms with E-state index in [1.165, 1.54) is 12.1 Å². The van der Waals surface area contributed by atoms with Gasteiger partial charge in [-0.05, 0) is 37.1 Å². The average Bonchev–Trinajstić information content (AvgIpc) is 3.11. The third kappa shape index (κ3) is 4.00. The fraction of sp³-hybridized carbons (Fsp3) is 0.500. The molecule has 2 aliphatic rings. The summed E-state index contributed by atoms with van der Waals surface area (Å²) >= 11 is 0. The molecule has 2 aromatic rings. The van der Waals surface area contributed by atoms with Gasteiger partial charge in [0.25, 0.3) is 5.91 Å². The van der Waals surface area contributed by atoms with Gasteiger partial charge in [-0.3, -0.25) is 4.79 Å². The van der Waals surface area contributed by atoms with E-state index in [-0.39, 0.29) is 29.8 Å². The third-order valence-corrected chi connectivity index (χ3v) is 5.26. The largest absolute Gasteiger partial charge is 0.416 e. The highest BCUT2D eigenvalue weighted by Gasteiger charge is 2.32. The number of likely N-dealkylation sites (tertiary alicyclic amines) is 1. The lowest BCUT2D eigenvalue weighted by atomic mass is 9.95. The Kier molecular flexibility index (Phi) is 5.95. The maximum absolute atomic E-state index is 12.7. The van der Waals surface area contributed by atoms with E-state index in [9.17, 15) is 18.0 Å². The van der Waals surface area contributed by atoms with Crippen molar-refractivity contribution in [2.75, 3.05) is 19.6 Å². The highest BCUT2D eigenvalue weighted by Crippen LogP contribution is 2.31. The van der Waals surface area contributed by atoms with Crippen LogP contribution in [-0.4, -0.2) is 45.2 Å². The van der Waals surface area contributed by atoms with Crippen LogP contribution in [0.2, 0.25) is 0 Å². The molecule has 0 unspecified atom stereocenters. The molecule has 0 saturated carbocycles. The molecule has 4 rings (SSSR count). The van der Waals surface area contributed by atoms with E-state index in [0.717, 1.165) is 56.3 Å².